The molecule has 0 bridgehead atoms. The molecule has 0 spiro atoms. The van der Waals surface area contributed by atoms with E-state index < -0.39 is 21.6 Å². The van der Waals surface area contributed by atoms with Crippen LogP contribution in [-0.4, -0.2) is 55.8 Å². The molecule has 3 aromatic carbocycles. The zero-order valence-corrected chi connectivity index (χ0v) is 21.6. The monoisotopic (exact) mass is 565 g/mol. The molecule has 0 unspecified atom stereocenters. The molecule has 206 valence electrons. The summed E-state index contributed by atoms with van der Waals surface area (Å²) in [4.78, 5) is 12.4. The number of halogens is 3. The Balaban J connectivity index is 0.000000459. The number of quaternary nitrogens is 1. The van der Waals surface area contributed by atoms with Crippen molar-refractivity contribution < 1.29 is 44.8 Å². The van der Waals surface area contributed by atoms with Gasteiger partial charge in [-0.3, -0.25) is 4.48 Å². The predicted octanol–water partition coefficient (Wildman–Crippen LogP) is 5.00. The van der Waals surface area contributed by atoms with Gasteiger partial charge in [0.1, 0.15) is 17.2 Å². The van der Waals surface area contributed by atoms with Gasteiger partial charge in [0.15, 0.2) is 10.1 Å². The van der Waals surface area contributed by atoms with Crippen molar-refractivity contribution in [3.63, 3.8) is 0 Å². The number of hydrogen-bond donors (Lipinski definition) is 0. The average Bonchev–Trinajstić information content (AvgIpc) is 3.32. The van der Waals surface area contributed by atoms with Crippen LogP contribution < -0.4 is 14.0 Å². The number of ether oxygens (including phenoxy) is 2. The number of aromatic nitrogens is 2. The number of carbonyl (C=O) groups is 1. The zero-order valence-electron chi connectivity index (χ0n) is 20.7. The number of carbonyl (C=O) groups excluding carboxylic acids is 1. The Labute approximate surface area is 221 Å². The molecule has 0 saturated carbocycles. The minimum Gasteiger partial charge on any atom is -0.741 e. The third-order valence-electron chi connectivity index (χ3n) is 4.84. The molecule has 0 saturated heterocycles. The van der Waals surface area contributed by atoms with Crippen LogP contribution in [0.2, 0.25) is 0 Å². The Bertz CT molecular complexity index is 1520. The molecule has 0 aliphatic rings. The number of benzene rings is 3. The summed E-state index contributed by atoms with van der Waals surface area (Å²) in [5, 5.41) is 7.85. The molecule has 0 N–H and O–H groups in total. The maximum Gasteiger partial charge on any atom is 0.485 e. The van der Waals surface area contributed by atoms with Gasteiger partial charge >= 0.3 is 17.6 Å². The standard InChI is InChI=1S/C24H22N3O4.CHF3O3S/c1-27(2,3)18-15-13-17(14-16-18)23(28)31-24-26-25-22(30-24)20-11-7-8-12-21(20)29-19-9-5-4-6-10-19;2-1(3,4)8(5,6)7/h4-16H,1-3H3;(H,5,6,7)/q+1;/p-1. The van der Waals surface area contributed by atoms with E-state index in [0.29, 0.717) is 27.1 Å². The Morgan fingerprint density at radius 2 is 1.46 bits per heavy atom. The highest BCUT2D eigenvalue weighted by Crippen LogP contribution is 2.33. The van der Waals surface area contributed by atoms with Crippen LogP contribution in [0.15, 0.2) is 83.3 Å². The minimum atomic E-state index is -6.09. The summed E-state index contributed by atoms with van der Waals surface area (Å²) in [6, 6.07) is 23.8. The third-order valence-corrected chi connectivity index (χ3v) is 5.40. The summed E-state index contributed by atoms with van der Waals surface area (Å²) in [5.74, 6) is 0.844. The van der Waals surface area contributed by atoms with Gasteiger partial charge in [0.05, 0.1) is 32.3 Å². The molecule has 0 radical (unpaired) electrons. The molecule has 0 amide bonds. The SMILES string of the molecule is C[N+](C)(C)c1ccc(C(=O)Oc2nnc(-c3ccccc3Oc3ccccc3)o2)cc1.O=S(=O)([O-])C(F)(F)F. The van der Waals surface area contributed by atoms with Crippen molar-refractivity contribution in [2.75, 3.05) is 21.1 Å². The lowest BCUT2D eigenvalue weighted by atomic mass is 10.2. The highest BCUT2D eigenvalue weighted by Gasteiger charge is 2.36. The van der Waals surface area contributed by atoms with E-state index in [1.165, 1.54) is 0 Å². The van der Waals surface area contributed by atoms with Gasteiger partial charge in [-0.05, 0) is 48.5 Å². The molecule has 0 aliphatic carbocycles. The summed E-state index contributed by atoms with van der Waals surface area (Å²) >= 11 is 0. The van der Waals surface area contributed by atoms with E-state index >= 15 is 0 Å². The number of rotatable bonds is 6. The zero-order chi connectivity index (χ0) is 28.8. The van der Waals surface area contributed by atoms with E-state index in [0.717, 1.165) is 5.69 Å². The fourth-order valence-corrected chi connectivity index (χ4v) is 2.89. The van der Waals surface area contributed by atoms with Crippen LogP contribution in [0, 0.1) is 0 Å². The Kier molecular flexibility index (Phi) is 8.74. The first kappa shape index (κ1) is 29.3. The normalized spacial score (nSPS) is 11.8. The lowest BCUT2D eigenvalue weighted by Crippen LogP contribution is -2.34. The largest absolute Gasteiger partial charge is 0.741 e. The van der Waals surface area contributed by atoms with E-state index in [1.807, 2.05) is 75.7 Å². The molecule has 0 fully saturated rings. The molecule has 0 aliphatic heterocycles. The highest BCUT2D eigenvalue weighted by atomic mass is 32.2. The fraction of sp³-hybridized carbons (Fsp3) is 0.160. The smallest absolute Gasteiger partial charge is 0.485 e. The van der Waals surface area contributed by atoms with Gasteiger partial charge in [-0.1, -0.05) is 35.4 Å². The minimum absolute atomic E-state index is 0.190. The average molecular weight is 566 g/mol. The maximum atomic E-state index is 12.4. The van der Waals surface area contributed by atoms with Crippen molar-refractivity contribution in [2.24, 2.45) is 0 Å². The van der Waals surface area contributed by atoms with Crippen LogP contribution in [0.3, 0.4) is 0 Å². The molecule has 1 heterocycles. The van der Waals surface area contributed by atoms with Gasteiger partial charge in [0.2, 0.25) is 0 Å². The summed E-state index contributed by atoms with van der Waals surface area (Å²) < 4.78 is 76.3. The number of esters is 1. The molecular weight excluding hydrogens is 543 g/mol. The van der Waals surface area contributed by atoms with Crippen LogP contribution >= 0.6 is 0 Å². The van der Waals surface area contributed by atoms with Gasteiger partial charge in [-0.15, -0.1) is 5.10 Å². The Morgan fingerprint density at radius 3 is 2.03 bits per heavy atom. The lowest BCUT2D eigenvalue weighted by Gasteiger charge is -2.23. The highest BCUT2D eigenvalue weighted by molar-refractivity contribution is 7.86. The number of nitrogens with zero attached hydrogens (tertiary/aromatic N) is 3. The molecule has 1 aromatic heterocycles. The van der Waals surface area contributed by atoms with Gasteiger partial charge in [0.25, 0.3) is 5.89 Å². The van der Waals surface area contributed by atoms with E-state index in [4.69, 9.17) is 26.9 Å². The second-order valence-corrected chi connectivity index (χ2v) is 10.0. The van der Waals surface area contributed by atoms with E-state index in [1.54, 1.807) is 24.3 Å². The van der Waals surface area contributed by atoms with Crippen molar-refractivity contribution >= 4 is 21.8 Å². The summed E-state index contributed by atoms with van der Waals surface area (Å²) in [7, 11) is 0.0545. The molecule has 14 heteroatoms. The third kappa shape index (κ3) is 8.10. The topological polar surface area (TPSA) is 132 Å². The quantitative estimate of drug-likeness (QED) is 0.137. The lowest BCUT2D eigenvalue weighted by molar-refractivity contribution is -0.0517. The van der Waals surface area contributed by atoms with Gasteiger partial charge < -0.3 is 18.4 Å². The van der Waals surface area contributed by atoms with Crippen LogP contribution in [0.5, 0.6) is 17.6 Å². The number of hydrogen-bond acceptors (Lipinski definition) is 9. The first-order chi connectivity index (χ1) is 18.1. The molecule has 0 atom stereocenters. The van der Waals surface area contributed by atoms with E-state index in [9.17, 15) is 18.0 Å². The molecule has 4 aromatic rings. The van der Waals surface area contributed by atoms with Crippen LogP contribution in [0.1, 0.15) is 10.4 Å². The second-order valence-electron chi connectivity index (χ2n) is 8.63. The number of para-hydroxylation sites is 2. The van der Waals surface area contributed by atoms with Gasteiger partial charge in [-0.25, -0.2) is 13.2 Å². The first-order valence-corrected chi connectivity index (χ1v) is 12.4. The van der Waals surface area contributed by atoms with Crippen LogP contribution in [0.4, 0.5) is 18.9 Å². The summed E-state index contributed by atoms with van der Waals surface area (Å²) in [6.07, 6.45) is -0.231. The maximum absolute atomic E-state index is 12.4. The molecular formula is C25H22F3N3O7S. The van der Waals surface area contributed by atoms with Crippen LogP contribution in [-0.2, 0) is 10.1 Å². The first-order valence-electron chi connectivity index (χ1n) is 11.0. The van der Waals surface area contributed by atoms with Gasteiger partial charge in [0, 0.05) is 0 Å². The van der Waals surface area contributed by atoms with Crippen LogP contribution in [0.25, 0.3) is 11.5 Å². The van der Waals surface area contributed by atoms with Crippen molar-refractivity contribution in [1.29, 1.82) is 0 Å². The Hall–Kier alpha value is -4.27. The molecule has 10 nitrogen and oxygen atoms in total. The van der Waals surface area contributed by atoms with E-state index in [2.05, 4.69) is 10.2 Å². The predicted molar refractivity (Wildman–Crippen MR) is 133 cm³/mol. The van der Waals surface area contributed by atoms with Gasteiger partial charge in [-0.2, -0.15) is 13.2 Å². The number of alkyl halides is 3. The molecule has 39 heavy (non-hydrogen) atoms. The van der Waals surface area contributed by atoms with E-state index in [-0.39, 0.29) is 12.0 Å². The Morgan fingerprint density at radius 1 is 0.897 bits per heavy atom. The van der Waals surface area contributed by atoms with Crippen molar-refractivity contribution in [3.05, 3.63) is 84.4 Å². The van der Waals surface area contributed by atoms with Crippen molar-refractivity contribution in [3.8, 4) is 29.0 Å². The fourth-order valence-electron chi connectivity index (χ4n) is 2.89. The summed E-state index contributed by atoms with van der Waals surface area (Å²) in [6.45, 7) is 0. The van der Waals surface area contributed by atoms with Crippen molar-refractivity contribution in [2.45, 2.75) is 5.51 Å². The second kappa shape index (κ2) is 11.6. The molecule has 4 rings (SSSR count). The van der Waals surface area contributed by atoms with Crippen molar-refractivity contribution in [1.82, 2.24) is 14.7 Å². The summed E-state index contributed by atoms with van der Waals surface area (Å²) in [5.41, 5.74) is -3.60.